The highest BCUT2D eigenvalue weighted by Crippen LogP contribution is 2.19. The Labute approximate surface area is 145 Å². The van der Waals surface area contributed by atoms with Crippen LogP contribution in [-0.2, 0) is 10.0 Å². The maximum Gasteiger partial charge on any atom is 0.240 e. The van der Waals surface area contributed by atoms with Gasteiger partial charge in [-0.1, -0.05) is 6.92 Å². The highest BCUT2D eigenvalue weighted by atomic mass is 32.2. The average Bonchev–Trinajstić information content (AvgIpc) is 2.60. The third-order valence-electron chi connectivity index (χ3n) is 4.74. The Bertz CT molecular complexity index is 621. The Kier molecular flexibility index (Phi) is 6.25. The number of rotatable bonds is 7. The van der Waals surface area contributed by atoms with Crippen molar-refractivity contribution < 1.29 is 13.2 Å². The maximum absolute atomic E-state index is 12.5. The van der Waals surface area contributed by atoms with Gasteiger partial charge in [-0.25, -0.2) is 13.1 Å². The Morgan fingerprint density at radius 1 is 1.12 bits per heavy atom. The second kappa shape index (κ2) is 7.82. The summed E-state index contributed by atoms with van der Waals surface area (Å²) in [6.07, 6.45) is 0. The number of hydrogen-bond donors (Lipinski definition) is 1. The molecule has 0 bridgehead atoms. The van der Waals surface area contributed by atoms with Crippen molar-refractivity contribution >= 4 is 10.0 Å². The van der Waals surface area contributed by atoms with Gasteiger partial charge in [-0.2, -0.15) is 0 Å². The zero-order valence-electron chi connectivity index (χ0n) is 15.1. The Morgan fingerprint density at radius 2 is 1.71 bits per heavy atom. The lowest BCUT2D eigenvalue weighted by Crippen LogP contribution is -2.58. The van der Waals surface area contributed by atoms with Crippen molar-refractivity contribution in [1.29, 1.82) is 0 Å². The normalized spacial score (nSPS) is 17.8. The first-order chi connectivity index (χ1) is 11.3. The highest BCUT2D eigenvalue weighted by Gasteiger charge is 2.31. The third-order valence-corrected chi connectivity index (χ3v) is 6.16. The molecule has 1 aliphatic heterocycles. The lowest BCUT2D eigenvalue weighted by molar-refractivity contribution is 0.0571. The molecule has 0 radical (unpaired) electrons. The van der Waals surface area contributed by atoms with Gasteiger partial charge in [0.25, 0.3) is 0 Å². The SMILES string of the molecule is CCN1CCN(C(C)(C)CNS(=O)(=O)c2ccc(OC)cc2)CC1. The zero-order valence-corrected chi connectivity index (χ0v) is 15.9. The molecule has 136 valence electrons. The van der Waals surface area contributed by atoms with Crippen LogP contribution in [0.25, 0.3) is 0 Å². The Morgan fingerprint density at radius 3 is 2.21 bits per heavy atom. The van der Waals surface area contributed by atoms with Crippen molar-refractivity contribution in [1.82, 2.24) is 14.5 Å². The van der Waals surface area contributed by atoms with Crippen LogP contribution in [0.15, 0.2) is 29.2 Å². The van der Waals surface area contributed by atoms with Crippen LogP contribution in [0.2, 0.25) is 0 Å². The summed E-state index contributed by atoms with van der Waals surface area (Å²) in [7, 11) is -1.96. The van der Waals surface area contributed by atoms with Gasteiger partial charge in [0.2, 0.25) is 10.0 Å². The first-order valence-electron chi connectivity index (χ1n) is 8.39. The number of benzene rings is 1. The lowest BCUT2D eigenvalue weighted by atomic mass is 10.0. The number of likely N-dealkylation sites (N-methyl/N-ethyl adjacent to an activating group) is 1. The van der Waals surface area contributed by atoms with E-state index in [0.29, 0.717) is 12.3 Å². The van der Waals surface area contributed by atoms with Crippen LogP contribution in [0, 0.1) is 0 Å². The van der Waals surface area contributed by atoms with E-state index in [1.807, 2.05) is 0 Å². The number of ether oxygens (including phenoxy) is 1. The van der Waals surface area contributed by atoms with Crippen molar-refractivity contribution in [3.05, 3.63) is 24.3 Å². The molecular weight excluding hydrogens is 326 g/mol. The van der Waals surface area contributed by atoms with E-state index in [2.05, 4.69) is 35.3 Å². The fraction of sp³-hybridized carbons (Fsp3) is 0.647. The van der Waals surface area contributed by atoms with Crippen LogP contribution in [0.4, 0.5) is 0 Å². The quantitative estimate of drug-likeness (QED) is 0.801. The summed E-state index contributed by atoms with van der Waals surface area (Å²) in [6.45, 7) is 11.8. The van der Waals surface area contributed by atoms with Gasteiger partial charge in [0.1, 0.15) is 5.75 Å². The molecule has 2 rings (SSSR count). The summed E-state index contributed by atoms with van der Waals surface area (Å²) in [5.74, 6) is 0.642. The van der Waals surface area contributed by atoms with Gasteiger partial charge in [0.05, 0.1) is 12.0 Å². The molecule has 0 aromatic heterocycles. The molecule has 1 N–H and O–H groups in total. The molecular formula is C17H29N3O3S. The predicted octanol–water partition coefficient (Wildman–Crippen LogP) is 1.39. The van der Waals surface area contributed by atoms with E-state index in [0.717, 1.165) is 32.7 Å². The molecule has 1 heterocycles. The molecule has 0 aliphatic carbocycles. The fourth-order valence-corrected chi connectivity index (χ4v) is 4.10. The van der Waals surface area contributed by atoms with Gasteiger partial charge in [-0.15, -0.1) is 0 Å². The first kappa shape index (κ1) is 19.2. The topological polar surface area (TPSA) is 61.9 Å². The van der Waals surface area contributed by atoms with Gasteiger partial charge in [0.15, 0.2) is 0 Å². The van der Waals surface area contributed by atoms with Gasteiger partial charge in [0, 0.05) is 38.3 Å². The van der Waals surface area contributed by atoms with Crippen LogP contribution < -0.4 is 9.46 Å². The van der Waals surface area contributed by atoms with E-state index in [1.165, 1.54) is 0 Å². The van der Waals surface area contributed by atoms with Gasteiger partial charge in [-0.3, -0.25) is 4.90 Å². The monoisotopic (exact) mass is 355 g/mol. The smallest absolute Gasteiger partial charge is 0.240 e. The number of sulfonamides is 1. The molecule has 6 nitrogen and oxygen atoms in total. The molecule has 0 atom stereocenters. The lowest BCUT2D eigenvalue weighted by Gasteiger charge is -2.44. The number of methoxy groups -OCH3 is 1. The summed E-state index contributed by atoms with van der Waals surface area (Å²) in [4.78, 5) is 5.03. The molecule has 7 heteroatoms. The molecule has 1 aromatic rings. The third kappa shape index (κ3) is 4.69. The number of nitrogens with one attached hydrogen (secondary N) is 1. The summed E-state index contributed by atoms with van der Waals surface area (Å²) >= 11 is 0. The van der Waals surface area contributed by atoms with Crippen LogP contribution in [0.1, 0.15) is 20.8 Å². The zero-order chi connectivity index (χ0) is 17.8. The van der Waals surface area contributed by atoms with Crippen LogP contribution in [0.3, 0.4) is 0 Å². The van der Waals surface area contributed by atoms with Gasteiger partial charge in [-0.05, 0) is 44.7 Å². The van der Waals surface area contributed by atoms with Gasteiger partial charge < -0.3 is 9.64 Å². The van der Waals surface area contributed by atoms with E-state index in [-0.39, 0.29) is 10.4 Å². The van der Waals surface area contributed by atoms with E-state index >= 15 is 0 Å². The summed E-state index contributed by atoms with van der Waals surface area (Å²) in [5.41, 5.74) is -0.223. The second-order valence-corrected chi connectivity index (χ2v) is 8.50. The predicted molar refractivity (Wildman–Crippen MR) is 95.9 cm³/mol. The summed E-state index contributed by atoms with van der Waals surface area (Å²) in [5, 5.41) is 0. The van der Waals surface area contributed by atoms with Crippen LogP contribution >= 0.6 is 0 Å². The van der Waals surface area contributed by atoms with Crippen LogP contribution in [0.5, 0.6) is 5.75 Å². The Balaban J connectivity index is 1.97. The van der Waals surface area contributed by atoms with Crippen molar-refractivity contribution in [2.75, 3.05) is 46.4 Å². The van der Waals surface area contributed by atoms with Crippen molar-refractivity contribution in [3.63, 3.8) is 0 Å². The molecule has 1 aliphatic rings. The minimum Gasteiger partial charge on any atom is -0.497 e. The number of hydrogen-bond acceptors (Lipinski definition) is 5. The van der Waals surface area contributed by atoms with E-state index < -0.39 is 10.0 Å². The van der Waals surface area contributed by atoms with Crippen LogP contribution in [-0.4, -0.2) is 70.1 Å². The Hall–Kier alpha value is -1.15. The largest absolute Gasteiger partial charge is 0.497 e. The first-order valence-corrected chi connectivity index (χ1v) is 9.88. The molecule has 0 unspecified atom stereocenters. The maximum atomic E-state index is 12.5. The summed E-state index contributed by atoms with van der Waals surface area (Å²) in [6, 6.07) is 6.44. The molecule has 0 saturated carbocycles. The summed E-state index contributed by atoms with van der Waals surface area (Å²) < 4.78 is 32.8. The minimum absolute atomic E-state index is 0.223. The van der Waals surface area contributed by atoms with Crippen molar-refractivity contribution in [2.45, 2.75) is 31.2 Å². The molecule has 1 aromatic carbocycles. The molecule has 1 fully saturated rings. The molecule has 24 heavy (non-hydrogen) atoms. The van der Waals surface area contributed by atoms with Crippen molar-refractivity contribution in [2.24, 2.45) is 0 Å². The average molecular weight is 356 g/mol. The molecule has 0 spiro atoms. The number of piperazine rings is 1. The van der Waals surface area contributed by atoms with Crippen molar-refractivity contribution in [3.8, 4) is 5.75 Å². The second-order valence-electron chi connectivity index (χ2n) is 6.73. The number of nitrogens with zero attached hydrogens (tertiary/aromatic N) is 2. The van der Waals surface area contributed by atoms with E-state index in [1.54, 1.807) is 31.4 Å². The highest BCUT2D eigenvalue weighted by molar-refractivity contribution is 7.89. The minimum atomic E-state index is -3.52. The van der Waals surface area contributed by atoms with E-state index in [9.17, 15) is 8.42 Å². The fourth-order valence-electron chi connectivity index (χ4n) is 2.89. The standard InChI is InChI=1S/C17H29N3O3S/c1-5-19-10-12-20(13-11-19)17(2,3)14-18-24(21,22)16-8-6-15(23-4)7-9-16/h6-9,18H,5,10-14H2,1-4H3. The molecule has 1 saturated heterocycles. The van der Waals surface area contributed by atoms with Gasteiger partial charge >= 0.3 is 0 Å². The molecule has 0 amide bonds. The van der Waals surface area contributed by atoms with E-state index in [4.69, 9.17) is 4.74 Å².